The van der Waals surface area contributed by atoms with Crippen LogP contribution >= 0.6 is 15.9 Å². The van der Waals surface area contributed by atoms with Crippen LogP contribution in [0.1, 0.15) is 12.2 Å². The Morgan fingerprint density at radius 3 is 3.00 bits per heavy atom. The molecular weight excluding hydrogens is 318 g/mol. The van der Waals surface area contributed by atoms with Crippen molar-refractivity contribution in [1.29, 1.82) is 0 Å². The van der Waals surface area contributed by atoms with E-state index < -0.39 is 0 Å². The maximum atomic E-state index is 12.6. The fraction of sp³-hybridized carbons (Fsp3) is 0.467. The molecule has 0 fully saturated rings. The Labute approximate surface area is 126 Å². The molecule has 2 heterocycles. The Balaban J connectivity index is 2.06. The highest BCUT2D eigenvalue weighted by molar-refractivity contribution is 9.10. The van der Waals surface area contributed by atoms with Crippen molar-refractivity contribution >= 4 is 26.8 Å². The molecule has 0 saturated heterocycles. The van der Waals surface area contributed by atoms with E-state index in [0.29, 0.717) is 11.3 Å². The summed E-state index contributed by atoms with van der Waals surface area (Å²) in [5.41, 5.74) is 0.891. The second-order valence-corrected chi connectivity index (χ2v) is 6.69. The average Bonchev–Trinajstić information content (AvgIpc) is 2.39. The first-order valence-corrected chi connectivity index (χ1v) is 7.67. The minimum atomic E-state index is 0.0981. The van der Waals surface area contributed by atoms with Crippen molar-refractivity contribution in [1.82, 2.24) is 14.5 Å². The van der Waals surface area contributed by atoms with Crippen LogP contribution in [0.5, 0.6) is 0 Å². The van der Waals surface area contributed by atoms with Gasteiger partial charge in [0.2, 0.25) is 0 Å². The van der Waals surface area contributed by atoms with E-state index >= 15 is 0 Å². The zero-order valence-electron chi connectivity index (χ0n) is 11.8. The Morgan fingerprint density at radius 2 is 2.25 bits per heavy atom. The van der Waals surface area contributed by atoms with Crippen LogP contribution in [0.3, 0.4) is 0 Å². The zero-order chi connectivity index (χ0) is 14.3. The quantitative estimate of drug-likeness (QED) is 0.845. The molecule has 1 unspecified atom stereocenters. The number of hydrogen-bond donors (Lipinski definition) is 0. The Kier molecular flexibility index (Phi) is 3.65. The number of halogens is 1. The monoisotopic (exact) mass is 335 g/mol. The van der Waals surface area contributed by atoms with Gasteiger partial charge in [0.25, 0.3) is 5.56 Å². The van der Waals surface area contributed by atoms with Gasteiger partial charge >= 0.3 is 0 Å². The third-order valence-electron chi connectivity index (χ3n) is 3.84. The first-order chi connectivity index (χ1) is 9.54. The highest BCUT2D eigenvalue weighted by Crippen LogP contribution is 2.21. The Morgan fingerprint density at radius 1 is 1.45 bits per heavy atom. The van der Waals surface area contributed by atoms with Gasteiger partial charge in [-0.1, -0.05) is 15.9 Å². The molecular formula is C15H18BrN3O. The summed E-state index contributed by atoms with van der Waals surface area (Å²) in [6.45, 7) is 1.80. The van der Waals surface area contributed by atoms with Crippen LogP contribution in [0, 0.1) is 5.92 Å². The summed E-state index contributed by atoms with van der Waals surface area (Å²) in [7, 11) is 4.16. The van der Waals surface area contributed by atoms with E-state index in [1.807, 2.05) is 22.8 Å². The normalized spacial score (nSPS) is 18.5. The van der Waals surface area contributed by atoms with Gasteiger partial charge in [-0.2, -0.15) is 0 Å². The smallest absolute Gasteiger partial charge is 0.261 e. The molecule has 0 spiro atoms. The van der Waals surface area contributed by atoms with Crippen LogP contribution in [0.2, 0.25) is 0 Å². The fourth-order valence-electron chi connectivity index (χ4n) is 2.97. The molecule has 1 atom stereocenters. The van der Waals surface area contributed by atoms with E-state index in [-0.39, 0.29) is 5.56 Å². The highest BCUT2D eigenvalue weighted by Gasteiger charge is 2.22. The molecule has 0 amide bonds. The van der Waals surface area contributed by atoms with Crippen molar-refractivity contribution in [2.45, 2.75) is 19.4 Å². The number of benzene rings is 1. The lowest BCUT2D eigenvalue weighted by Gasteiger charge is -2.27. The third kappa shape index (κ3) is 2.52. The lowest BCUT2D eigenvalue weighted by molar-refractivity contribution is 0.261. The summed E-state index contributed by atoms with van der Waals surface area (Å²) >= 11 is 3.44. The molecule has 1 aromatic heterocycles. The topological polar surface area (TPSA) is 38.1 Å². The molecule has 1 aliphatic heterocycles. The van der Waals surface area contributed by atoms with Gasteiger partial charge in [-0.25, -0.2) is 4.98 Å². The summed E-state index contributed by atoms with van der Waals surface area (Å²) in [5.74, 6) is 1.46. The lowest BCUT2D eigenvalue weighted by Crippen LogP contribution is -2.36. The van der Waals surface area contributed by atoms with Gasteiger partial charge in [-0.05, 0) is 44.6 Å². The van der Waals surface area contributed by atoms with Crippen molar-refractivity contribution in [3.63, 3.8) is 0 Å². The van der Waals surface area contributed by atoms with E-state index in [4.69, 9.17) is 0 Å². The first-order valence-electron chi connectivity index (χ1n) is 6.88. The highest BCUT2D eigenvalue weighted by atomic mass is 79.9. The molecule has 0 radical (unpaired) electrons. The van der Waals surface area contributed by atoms with Crippen molar-refractivity contribution in [2.24, 2.45) is 5.92 Å². The molecule has 0 N–H and O–H groups in total. The molecule has 0 bridgehead atoms. The van der Waals surface area contributed by atoms with Gasteiger partial charge in [0.05, 0.1) is 10.9 Å². The number of hydrogen-bond acceptors (Lipinski definition) is 3. The van der Waals surface area contributed by atoms with Crippen molar-refractivity contribution in [3.05, 3.63) is 38.9 Å². The summed E-state index contributed by atoms with van der Waals surface area (Å²) in [5, 5.41) is 0.711. The van der Waals surface area contributed by atoms with Gasteiger partial charge in [-0.3, -0.25) is 9.36 Å². The second kappa shape index (κ2) is 5.30. The van der Waals surface area contributed by atoms with Crippen LogP contribution in [0.15, 0.2) is 27.5 Å². The van der Waals surface area contributed by atoms with Gasteiger partial charge in [0.15, 0.2) is 0 Å². The van der Waals surface area contributed by atoms with Crippen LogP contribution in [-0.2, 0) is 13.0 Å². The van der Waals surface area contributed by atoms with E-state index in [2.05, 4.69) is 39.9 Å². The van der Waals surface area contributed by atoms with E-state index in [0.717, 1.165) is 41.7 Å². The predicted octanol–water partition coefficient (Wildman–Crippen LogP) is 2.28. The summed E-state index contributed by atoms with van der Waals surface area (Å²) in [4.78, 5) is 19.5. The van der Waals surface area contributed by atoms with E-state index in [1.54, 1.807) is 0 Å². The lowest BCUT2D eigenvalue weighted by atomic mass is 9.98. The molecule has 0 aliphatic carbocycles. The molecule has 4 nitrogen and oxygen atoms in total. The van der Waals surface area contributed by atoms with Crippen LogP contribution < -0.4 is 5.56 Å². The number of rotatable bonds is 2. The number of fused-ring (bicyclic) bond motifs is 2. The minimum absolute atomic E-state index is 0.0981. The van der Waals surface area contributed by atoms with Crippen molar-refractivity contribution in [2.75, 3.05) is 20.6 Å². The third-order valence-corrected chi connectivity index (χ3v) is 4.33. The molecule has 2 aromatic rings. The van der Waals surface area contributed by atoms with E-state index in [1.165, 1.54) is 0 Å². The number of aryl methyl sites for hydroxylation is 1. The molecule has 5 heteroatoms. The Bertz CT molecular complexity index is 708. The van der Waals surface area contributed by atoms with Gasteiger partial charge in [0, 0.05) is 24.0 Å². The van der Waals surface area contributed by atoms with Crippen molar-refractivity contribution in [3.8, 4) is 0 Å². The van der Waals surface area contributed by atoms with E-state index in [9.17, 15) is 4.79 Å². The Hall–Kier alpha value is -1.20. The first kappa shape index (κ1) is 13.8. The minimum Gasteiger partial charge on any atom is -0.309 e. The van der Waals surface area contributed by atoms with Crippen LogP contribution in [-0.4, -0.2) is 35.1 Å². The summed E-state index contributed by atoms with van der Waals surface area (Å²) in [6.07, 6.45) is 1.99. The molecule has 0 saturated carbocycles. The largest absolute Gasteiger partial charge is 0.309 e. The average molecular weight is 336 g/mol. The van der Waals surface area contributed by atoms with Gasteiger partial charge < -0.3 is 4.90 Å². The predicted molar refractivity (Wildman–Crippen MR) is 84.1 cm³/mol. The molecule has 106 valence electrons. The standard InChI is InChI=1S/C15H18BrN3O/c1-18(2)8-10-3-6-14-17-13-7-11(16)4-5-12(13)15(20)19(14)9-10/h4-5,7,10H,3,6,8-9H2,1-2H3. The van der Waals surface area contributed by atoms with Gasteiger partial charge in [0.1, 0.15) is 5.82 Å². The SMILES string of the molecule is CN(C)CC1CCc2nc3cc(Br)ccc3c(=O)n2C1. The molecule has 1 aliphatic rings. The number of aromatic nitrogens is 2. The maximum Gasteiger partial charge on any atom is 0.261 e. The molecule has 20 heavy (non-hydrogen) atoms. The summed E-state index contributed by atoms with van der Waals surface area (Å²) in [6, 6.07) is 5.68. The zero-order valence-corrected chi connectivity index (χ0v) is 13.4. The molecule has 1 aromatic carbocycles. The van der Waals surface area contributed by atoms with Crippen LogP contribution in [0.25, 0.3) is 10.9 Å². The molecule has 3 rings (SSSR count). The van der Waals surface area contributed by atoms with Crippen LogP contribution in [0.4, 0.5) is 0 Å². The number of nitrogens with zero attached hydrogens (tertiary/aromatic N) is 3. The maximum absolute atomic E-state index is 12.6. The summed E-state index contributed by atoms with van der Waals surface area (Å²) < 4.78 is 2.83. The van der Waals surface area contributed by atoms with Gasteiger partial charge in [-0.15, -0.1) is 0 Å². The fourth-order valence-corrected chi connectivity index (χ4v) is 3.32. The van der Waals surface area contributed by atoms with Crippen molar-refractivity contribution < 1.29 is 0 Å². The second-order valence-electron chi connectivity index (χ2n) is 5.77.